The number of carbonyl (C=O) groups excluding carboxylic acids is 1. The Kier molecular flexibility index (Phi) is 6.93. The maximum atomic E-state index is 14.7. The number of rotatable bonds is 8. The Morgan fingerprint density at radius 1 is 1.11 bits per heavy atom. The van der Waals surface area contributed by atoms with Crippen LogP contribution in [0.2, 0.25) is 0 Å². The molecule has 2 aromatic heterocycles. The summed E-state index contributed by atoms with van der Waals surface area (Å²) in [6, 6.07) is 8.80. The average Bonchev–Trinajstić information content (AvgIpc) is 3.29. The van der Waals surface area contributed by atoms with Crippen LogP contribution in [0, 0.1) is 11.6 Å². The first-order chi connectivity index (χ1) is 17.9. The lowest BCUT2D eigenvalue weighted by atomic mass is 10.1. The first kappa shape index (κ1) is 24.5. The first-order valence-electron chi connectivity index (χ1n) is 11.1. The number of benzene rings is 2. The molecule has 37 heavy (non-hydrogen) atoms. The SMILES string of the molecule is C=CC(=O)Nc1ccc(F)c(Nc2nc(Nc3cnn(C4COC4)c3)ncc2-c2ccc(Br)c(F)c2)c1. The van der Waals surface area contributed by atoms with E-state index >= 15 is 0 Å². The minimum absolute atomic E-state index is 0.0446. The van der Waals surface area contributed by atoms with Crippen LogP contribution in [0.15, 0.2) is 72.1 Å². The van der Waals surface area contributed by atoms with Crippen LogP contribution in [0.5, 0.6) is 0 Å². The number of ether oxygens (including phenoxy) is 1. The second-order valence-corrected chi connectivity index (χ2v) is 8.98. The molecule has 0 bridgehead atoms. The summed E-state index contributed by atoms with van der Waals surface area (Å²) < 4.78 is 36.4. The fraction of sp³-hybridized carbons (Fsp3) is 0.120. The van der Waals surface area contributed by atoms with E-state index in [1.807, 2.05) is 6.20 Å². The molecule has 0 spiro atoms. The molecule has 1 aliphatic heterocycles. The molecule has 0 saturated carbocycles. The molecule has 2 aromatic carbocycles. The van der Waals surface area contributed by atoms with Crippen molar-refractivity contribution >= 4 is 50.7 Å². The van der Waals surface area contributed by atoms with E-state index in [4.69, 9.17) is 4.74 Å². The number of nitrogens with zero attached hydrogens (tertiary/aromatic N) is 4. The van der Waals surface area contributed by atoms with Crippen LogP contribution in [0.4, 0.5) is 37.6 Å². The van der Waals surface area contributed by atoms with Crippen LogP contribution in [-0.4, -0.2) is 38.9 Å². The van der Waals surface area contributed by atoms with Gasteiger partial charge in [0.25, 0.3) is 0 Å². The van der Waals surface area contributed by atoms with Crippen LogP contribution in [0.1, 0.15) is 6.04 Å². The molecule has 188 valence electrons. The van der Waals surface area contributed by atoms with E-state index in [2.05, 4.69) is 53.5 Å². The van der Waals surface area contributed by atoms with Crippen molar-refractivity contribution in [3.8, 4) is 11.1 Å². The monoisotopic (exact) mass is 567 g/mol. The third-order valence-electron chi connectivity index (χ3n) is 5.54. The van der Waals surface area contributed by atoms with E-state index in [0.29, 0.717) is 40.2 Å². The smallest absolute Gasteiger partial charge is 0.247 e. The second kappa shape index (κ2) is 10.4. The highest BCUT2D eigenvalue weighted by Crippen LogP contribution is 2.33. The standard InChI is InChI=1S/C25H20BrF2N7O2/c1-2-23(36)31-15-4-6-20(27)22(8-15)33-24-18(14-3-5-19(26)21(28)7-14)10-29-25(34-24)32-16-9-30-35(11-16)17-12-37-13-17/h2-11,17H,1,12-13H2,(H,31,36)(H2,29,32,33,34). The van der Waals surface area contributed by atoms with Gasteiger partial charge in [-0.3, -0.25) is 9.48 Å². The van der Waals surface area contributed by atoms with E-state index in [1.54, 1.807) is 23.0 Å². The maximum Gasteiger partial charge on any atom is 0.247 e. The molecule has 3 N–H and O–H groups in total. The fourth-order valence-corrected chi connectivity index (χ4v) is 3.79. The van der Waals surface area contributed by atoms with Crippen LogP contribution >= 0.6 is 15.9 Å². The molecule has 0 unspecified atom stereocenters. The first-order valence-corrected chi connectivity index (χ1v) is 11.9. The lowest BCUT2D eigenvalue weighted by molar-refractivity contribution is -0.111. The zero-order valence-corrected chi connectivity index (χ0v) is 20.8. The Labute approximate surface area is 218 Å². The van der Waals surface area contributed by atoms with Gasteiger partial charge in [-0.15, -0.1) is 0 Å². The lowest BCUT2D eigenvalue weighted by Gasteiger charge is -2.25. The molecule has 9 nitrogen and oxygen atoms in total. The van der Waals surface area contributed by atoms with Gasteiger partial charge in [0.05, 0.1) is 41.3 Å². The number of anilines is 5. The van der Waals surface area contributed by atoms with Crippen molar-refractivity contribution in [3.63, 3.8) is 0 Å². The highest BCUT2D eigenvalue weighted by molar-refractivity contribution is 9.10. The minimum atomic E-state index is -0.582. The zero-order valence-electron chi connectivity index (χ0n) is 19.2. The van der Waals surface area contributed by atoms with Gasteiger partial charge in [-0.1, -0.05) is 12.6 Å². The number of nitrogens with one attached hydrogen (secondary N) is 3. The molecule has 0 radical (unpaired) electrons. The van der Waals surface area contributed by atoms with Gasteiger partial charge < -0.3 is 20.7 Å². The van der Waals surface area contributed by atoms with Crippen molar-refractivity contribution in [3.05, 3.63) is 83.8 Å². The molecule has 3 heterocycles. The highest BCUT2D eigenvalue weighted by atomic mass is 79.9. The molecule has 5 rings (SSSR count). The summed E-state index contributed by atoms with van der Waals surface area (Å²) >= 11 is 3.15. The Morgan fingerprint density at radius 2 is 1.95 bits per heavy atom. The molecule has 1 fully saturated rings. The predicted octanol–water partition coefficient (Wildman–Crippen LogP) is 5.56. The van der Waals surface area contributed by atoms with E-state index < -0.39 is 17.5 Å². The lowest BCUT2D eigenvalue weighted by Crippen LogP contribution is -2.30. The van der Waals surface area contributed by atoms with Crippen LogP contribution < -0.4 is 16.0 Å². The fourth-order valence-electron chi connectivity index (χ4n) is 3.54. The summed E-state index contributed by atoms with van der Waals surface area (Å²) in [5.41, 5.74) is 1.96. The molecule has 1 aliphatic rings. The van der Waals surface area contributed by atoms with Gasteiger partial charge in [-0.25, -0.2) is 13.8 Å². The number of hydrogen-bond donors (Lipinski definition) is 3. The van der Waals surface area contributed by atoms with Crippen molar-refractivity contribution in [2.75, 3.05) is 29.2 Å². The van der Waals surface area contributed by atoms with Gasteiger partial charge in [-0.05, 0) is 57.9 Å². The molecule has 0 aliphatic carbocycles. The van der Waals surface area contributed by atoms with Gasteiger partial charge in [0.2, 0.25) is 11.9 Å². The van der Waals surface area contributed by atoms with Crippen molar-refractivity contribution < 1.29 is 18.3 Å². The Hall–Kier alpha value is -4.16. The van der Waals surface area contributed by atoms with Crippen molar-refractivity contribution in [1.29, 1.82) is 0 Å². The van der Waals surface area contributed by atoms with Gasteiger partial charge in [0, 0.05) is 23.6 Å². The van der Waals surface area contributed by atoms with Crippen molar-refractivity contribution in [2.24, 2.45) is 0 Å². The zero-order chi connectivity index (χ0) is 25.9. The van der Waals surface area contributed by atoms with Gasteiger partial charge >= 0.3 is 0 Å². The number of hydrogen-bond acceptors (Lipinski definition) is 7. The van der Waals surface area contributed by atoms with E-state index in [1.165, 1.54) is 30.5 Å². The summed E-state index contributed by atoms with van der Waals surface area (Å²) in [6.45, 7) is 4.61. The molecular formula is C25H20BrF2N7O2. The van der Waals surface area contributed by atoms with E-state index in [0.717, 1.165) is 6.08 Å². The summed E-state index contributed by atoms with van der Waals surface area (Å²) in [5, 5.41) is 13.0. The molecule has 0 atom stereocenters. The third kappa shape index (κ3) is 5.49. The minimum Gasteiger partial charge on any atom is -0.377 e. The largest absolute Gasteiger partial charge is 0.377 e. The molecular weight excluding hydrogens is 548 g/mol. The quantitative estimate of drug-likeness (QED) is 0.239. The maximum absolute atomic E-state index is 14.7. The highest BCUT2D eigenvalue weighted by Gasteiger charge is 2.21. The number of amides is 1. The molecule has 1 amide bonds. The Morgan fingerprint density at radius 3 is 2.68 bits per heavy atom. The van der Waals surface area contributed by atoms with Gasteiger partial charge in [-0.2, -0.15) is 10.1 Å². The normalized spacial score (nSPS) is 13.1. The van der Waals surface area contributed by atoms with Crippen LogP contribution in [0.3, 0.4) is 0 Å². The number of carbonyl (C=O) groups is 1. The van der Waals surface area contributed by atoms with Crippen LogP contribution in [-0.2, 0) is 9.53 Å². The number of aromatic nitrogens is 4. The summed E-state index contributed by atoms with van der Waals surface area (Å²) in [5.74, 6) is -1.07. The Balaban J connectivity index is 1.50. The summed E-state index contributed by atoms with van der Waals surface area (Å²) in [7, 11) is 0. The van der Waals surface area contributed by atoms with E-state index in [9.17, 15) is 13.6 Å². The third-order valence-corrected chi connectivity index (χ3v) is 6.19. The van der Waals surface area contributed by atoms with E-state index in [-0.39, 0.29) is 23.5 Å². The van der Waals surface area contributed by atoms with Gasteiger partial charge in [0.15, 0.2) is 0 Å². The average molecular weight is 568 g/mol. The molecule has 12 heteroatoms. The van der Waals surface area contributed by atoms with Crippen molar-refractivity contribution in [1.82, 2.24) is 19.7 Å². The van der Waals surface area contributed by atoms with Crippen LogP contribution in [0.25, 0.3) is 11.1 Å². The Bertz CT molecular complexity index is 1490. The topological polar surface area (TPSA) is 106 Å². The second-order valence-electron chi connectivity index (χ2n) is 8.12. The van der Waals surface area contributed by atoms with Gasteiger partial charge in [0.1, 0.15) is 17.5 Å². The number of halogens is 3. The molecule has 4 aromatic rings. The molecule has 1 saturated heterocycles. The summed E-state index contributed by atoms with van der Waals surface area (Å²) in [6.07, 6.45) is 6.07. The predicted molar refractivity (Wildman–Crippen MR) is 139 cm³/mol. The van der Waals surface area contributed by atoms with Crippen molar-refractivity contribution in [2.45, 2.75) is 6.04 Å². The summed E-state index contributed by atoms with van der Waals surface area (Å²) in [4.78, 5) is 20.6.